The van der Waals surface area contributed by atoms with E-state index in [-0.39, 0.29) is 5.88 Å². The third-order valence-electron chi connectivity index (χ3n) is 5.65. The van der Waals surface area contributed by atoms with Gasteiger partial charge in [0.05, 0.1) is 0 Å². The number of halogens is 1. The zero-order chi connectivity index (χ0) is 24.7. The third kappa shape index (κ3) is 5.14. The lowest BCUT2D eigenvalue weighted by molar-refractivity contribution is 0.306. The number of rotatable bonds is 7. The molecule has 5 heteroatoms. The fourth-order valence-corrected chi connectivity index (χ4v) is 4.14. The standard InChI is InChI=1S/C31H21BrN2O2/c32-26-17-15-22(16-18-26)21-35-28-14-8-7-13-25(28)20-34-31-27(19-33)29(23-9-3-1-4-10-23)30(36-31)24-11-5-2-6-12-24/h1-18,20H,21H2. The molecule has 5 rings (SSSR count). The molecule has 0 unspecified atom stereocenters. The first-order chi connectivity index (χ1) is 17.7. The van der Waals surface area contributed by atoms with Crippen LogP contribution in [0.4, 0.5) is 5.88 Å². The Kier molecular flexibility index (Phi) is 7.07. The van der Waals surface area contributed by atoms with Gasteiger partial charge in [-0.2, -0.15) is 5.26 Å². The number of nitriles is 1. The number of hydrogen-bond donors (Lipinski definition) is 0. The summed E-state index contributed by atoms with van der Waals surface area (Å²) in [5.74, 6) is 1.57. The maximum Gasteiger partial charge on any atom is 0.238 e. The van der Waals surface area contributed by atoms with Gasteiger partial charge in [0, 0.05) is 27.4 Å². The molecule has 1 heterocycles. The van der Waals surface area contributed by atoms with Gasteiger partial charge in [-0.15, -0.1) is 0 Å². The van der Waals surface area contributed by atoms with E-state index in [1.807, 2.05) is 109 Å². The molecular weight excluding hydrogens is 512 g/mol. The Morgan fingerprint density at radius 3 is 2.14 bits per heavy atom. The van der Waals surface area contributed by atoms with Crippen molar-refractivity contribution >= 4 is 28.0 Å². The normalized spacial score (nSPS) is 10.9. The first-order valence-corrected chi connectivity index (χ1v) is 12.2. The first-order valence-electron chi connectivity index (χ1n) is 11.4. The van der Waals surface area contributed by atoms with Gasteiger partial charge in [-0.1, -0.05) is 101 Å². The van der Waals surface area contributed by atoms with Gasteiger partial charge >= 0.3 is 0 Å². The summed E-state index contributed by atoms with van der Waals surface area (Å²) in [5, 5.41) is 10.1. The highest BCUT2D eigenvalue weighted by Gasteiger charge is 2.22. The number of nitrogens with zero attached hydrogens (tertiary/aromatic N) is 2. The van der Waals surface area contributed by atoms with Gasteiger partial charge in [-0.25, -0.2) is 4.99 Å². The molecule has 1 aromatic heterocycles. The number of benzene rings is 4. The molecule has 0 N–H and O–H groups in total. The van der Waals surface area contributed by atoms with Gasteiger partial charge in [-0.05, 0) is 35.4 Å². The average molecular weight is 533 g/mol. The SMILES string of the molecule is N#Cc1c(N=Cc2ccccc2OCc2ccc(Br)cc2)oc(-c2ccccc2)c1-c1ccccc1. The molecular formula is C31H21BrN2O2. The molecule has 0 fully saturated rings. The predicted octanol–water partition coefficient (Wildman–Crippen LogP) is 8.58. The molecule has 0 aliphatic carbocycles. The highest BCUT2D eigenvalue weighted by atomic mass is 79.9. The zero-order valence-electron chi connectivity index (χ0n) is 19.3. The molecule has 0 saturated heterocycles. The van der Waals surface area contributed by atoms with Crippen LogP contribution in [0.1, 0.15) is 16.7 Å². The van der Waals surface area contributed by atoms with Crippen LogP contribution >= 0.6 is 15.9 Å². The number of ether oxygens (including phenoxy) is 1. The van der Waals surface area contributed by atoms with Gasteiger partial charge < -0.3 is 9.15 Å². The lowest BCUT2D eigenvalue weighted by Gasteiger charge is -2.09. The summed E-state index contributed by atoms with van der Waals surface area (Å²) in [5.41, 5.74) is 4.75. The van der Waals surface area contributed by atoms with E-state index in [1.54, 1.807) is 6.21 Å². The molecule has 4 nitrogen and oxygen atoms in total. The van der Waals surface area contributed by atoms with Gasteiger partial charge in [0.25, 0.3) is 0 Å². The third-order valence-corrected chi connectivity index (χ3v) is 6.18. The van der Waals surface area contributed by atoms with Gasteiger partial charge in [0.1, 0.15) is 29.7 Å². The predicted molar refractivity (Wildman–Crippen MR) is 146 cm³/mol. The van der Waals surface area contributed by atoms with E-state index >= 15 is 0 Å². The Morgan fingerprint density at radius 2 is 1.44 bits per heavy atom. The van der Waals surface area contributed by atoms with Gasteiger partial charge in [-0.3, -0.25) is 0 Å². The number of furan rings is 1. The maximum atomic E-state index is 10.1. The van der Waals surface area contributed by atoms with Crippen molar-refractivity contribution in [2.75, 3.05) is 0 Å². The second kappa shape index (κ2) is 10.9. The second-order valence-electron chi connectivity index (χ2n) is 8.04. The quantitative estimate of drug-likeness (QED) is 0.197. The van der Waals surface area contributed by atoms with Crippen molar-refractivity contribution in [1.29, 1.82) is 5.26 Å². The lowest BCUT2D eigenvalue weighted by Crippen LogP contribution is -1.98. The molecule has 0 saturated carbocycles. The van der Waals surface area contributed by atoms with Gasteiger partial charge in [0.2, 0.25) is 5.88 Å². The van der Waals surface area contributed by atoms with Crippen molar-refractivity contribution in [3.05, 3.63) is 130 Å². The Labute approximate surface area is 218 Å². The molecule has 0 amide bonds. The summed E-state index contributed by atoms with van der Waals surface area (Å²) in [7, 11) is 0. The van der Waals surface area contributed by atoms with E-state index in [2.05, 4.69) is 27.0 Å². The van der Waals surface area contributed by atoms with Crippen molar-refractivity contribution in [3.63, 3.8) is 0 Å². The molecule has 0 spiro atoms. The molecule has 36 heavy (non-hydrogen) atoms. The zero-order valence-corrected chi connectivity index (χ0v) is 20.9. The molecule has 4 aromatic carbocycles. The molecule has 174 valence electrons. The molecule has 0 aliphatic heterocycles. The molecule has 0 atom stereocenters. The average Bonchev–Trinajstić information content (AvgIpc) is 3.31. The van der Waals surface area contributed by atoms with Crippen molar-refractivity contribution in [2.45, 2.75) is 6.61 Å². The van der Waals surface area contributed by atoms with E-state index in [1.165, 1.54) is 0 Å². The number of aliphatic imine (C=N–C) groups is 1. The highest BCUT2D eigenvalue weighted by molar-refractivity contribution is 9.10. The van der Waals surface area contributed by atoms with E-state index in [0.29, 0.717) is 23.7 Å². The minimum atomic E-state index is 0.262. The van der Waals surface area contributed by atoms with Crippen LogP contribution in [0, 0.1) is 11.3 Å². The molecule has 0 aliphatic rings. The smallest absolute Gasteiger partial charge is 0.238 e. The van der Waals surface area contributed by atoms with Crippen LogP contribution in [-0.2, 0) is 6.61 Å². The van der Waals surface area contributed by atoms with Crippen molar-refractivity contribution < 1.29 is 9.15 Å². The summed E-state index contributed by atoms with van der Waals surface area (Å²) in [6.07, 6.45) is 1.68. The monoisotopic (exact) mass is 532 g/mol. The summed E-state index contributed by atoms with van der Waals surface area (Å²) in [6, 6.07) is 37.5. The van der Waals surface area contributed by atoms with Gasteiger partial charge in [0.15, 0.2) is 0 Å². The summed E-state index contributed by atoms with van der Waals surface area (Å²) in [6.45, 7) is 0.429. The van der Waals surface area contributed by atoms with Crippen molar-refractivity contribution in [3.8, 4) is 34.3 Å². The highest BCUT2D eigenvalue weighted by Crippen LogP contribution is 2.42. The largest absolute Gasteiger partial charge is 0.488 e. The Bertz CT molecular complexity index is 1530. The van der Waals surface area contributed by atoms with Crippen LogP contribution in [0.2, 0.25) is 0 Å². The van der Waals surface area contributed by atoms with Crippen molar-refractivity contribution in [1.82, 2.24) is 0 Å². The van der Waals surface area contributed by atoms with Crippen LogP contribution < -0.4 is 4.74 Å². The Balaban J connectivity index is 1.51. The van der Waals surface area contributed by atoms with Crippen molar-refractivity contribution in [2.24, 2.45) is 4.99 Å². The minimum absolute atomic E-state index is 0.262. The lowest BCUT2D eigenvalue weighted by atomic mass is 9.98. The van der Waals surface area contributed by atoms with E-state index < -0.39 is 0 Å². The van der Waals surface area contributed by atoms with Crippen LogP contribution in [0.15, 0.2) is 123 Å². The fraction of sp³-hybridized carbons (Fsp3) is 0.0323. The summed E-state index contributed by atoms with van der Waals surface area (Å²) < 4.78 is 13.3. The summed E-state index contributed by atoms with van der Waals surface area (Å²) in [4.78, 5) is 4.61. The Hall–Kier alpha value is -4.40. The van der Waals surface area contributed by atoms with Crippen LogP contribution in [0.3, 0.4) is 0 Å². The maximum absolute atomic E-state index is 10.1. The molecule has 0 bridgehead atoms. The van der Waals surface area contributed by atoms with E-state index in [0.717, 1.165) is 32.3 Å². The topological polar surface area (TPSA) is 58.5 Å². The van der Waals surface area contributed by atoms with E-state index in [9.17, 15) is 5.26 Å². The minimum Gasteiger partial charge on any atom is -0.488 e. The second-order valence-corrected chi connectivity index (χ2v) is 8.96. The summed E-state index contributed by atoms with van der Waals surface area (Å²) >= 11 is 3.45. The Morgan fingerprint density at radius 1 is 0.806 bits per heavy atom. The molecule has 0 radical (unpaired) electrons. The number of para-hydroxylation sites is 1. The van der Waals surface area contributed by atoms with Crippen LogP contribution in [0.5, 0.6) is 5.75 Å². The molecule has 5 aromatic rings. The fourth-order valence-electron chi connectivity index (χ4n) is 3.88. The van der Waals surface area contributed by atoms with Crippen LogP contribution in [-0.4, -0.2) is 6.21 Å². The van der Waals surface area contributed by atoms with E-state index in [4.69, 9.17) is 9.15 Å². The first kappa shape index (κ1) is 23.3. The van der Waals surface area contributed by atoms with Crippen LogP contribution in [0.25, 0.3) is 22.5 Å². The number of hydrogen-bond acceptors (Lipinski definition) is 4.